The van der Waals surface area contributed by atoms with Crippen LogP contribution in [0.25, 0.3) is 0 Å². The van der Waals surface area contributed by atoms with Gasteiger partial charge < -0.3 is 9.84 Å². The van der Waals surface area contributed by atoms with Crippen molar-refractivity contribution >= 4 is 0 Å². The van der Waals surface area contributed by atoms with Crippen LogP contribution in [-0.4, -0.2) is 24.4 Å². The molecule has 1 N–H and O–H groups in total. The molecule has 0 aliphatic heterocycles. The summed E-state index contributed by atoms with van der Waals surface area (Å²) in [5, 5.41) is 8.84. The molecule has 0 bridgehead atoms. The first kappa shape index (κ1) is 17.4. The first-order chi connectivity index (χ1) is 8.41. The van der Waals surface area contributed by atoms with E-state index in [1.54, 1.807) is 7.11 Å². The van der Waals surface area contributed by atoms with Gasteiger partial charge in [-0.3, -0.25) is 0 Å². The van der Waals surface area contributed by atoms with E-state index in [9.17, 15) is 0 Å². The maximum absolute atomic E-state index is 8.84. The molecule has 0 radical (unpaired) electrons. The fourth-order valence-corrected chi connectivity index (χ4v) is 1.69. The lowest BCUT2D eigenvalue weighted by atomic mass is 9.95. The van der Waals surface area contributed by atoms with Gasteiger partial charge in [0.15, 0.2) is 0 Å². The molecule has 2 heteroatoms. The number of allylic oxidation sites excluding steroid dienone is 3. The van der Waals surface area contributed by atoms with Crippen LogP contribution in [0.4, 0.5) is 0 Å². The Balaban J connectivity index is 3.76. The molecule has 0 spiro atoms. The van der Waals surface area contributed by atoms with Gasteiger partial charge in [-0.1, -0.05) is 38.0 Å². The number of methoxy groups -OCH3 is 1. The van der Waals surface area contributed by atoms with Gasteiger partial charge >= 0.3 is 0 Å². The summed E-state index contributed by atoms with van der Waals surface area (Å²) in [5.74, 6) is 0.705. The van der Waals surface area contributed by atoms with Crippen LogP contribution in [0.2, 0.25) is 0 Å². The van der Waals surface area contributed by atoms with E-state index in [4.69, 9.17) is 9.84 Å². The highest BCUT2D eigenvalue weighted by Crippen LogP contribution is 2.20. The highest BCUT2D eigenvalue weighted by atomic mass is 16.5. The fourth-order valence-electron chi connectivity index (χ4n) is 1.69. The molecule has 0 aliphatic rings. The third-order valence-electron chi connectivity index (χ3n) is 3.33. The van der Waals surface area contributed by atoms with Crippen LogP contribution in [-0.2, 0) is 4.74 Å². The molecule has 0 saturated carbocycles. The topological polar surface area (TPSA) is 29.5 Å². The summed E-state index contributed by atoms with van der Waals surface area (Å²) in [5.41, 5.74) is 1.01. The number of rotatable bonds is 9. The molecule has 0 aliphatic carbocycles. The number of ether oxygens (including phenoxy) is 1. The summed E-state index contributed by atoms with van der Waals surface area (Å²) in [6.45, 7) is 8.64. The Labute approximate surface area is 113 Å². The second-order valence-electron chi connectivity index (χ2n) is 5.80. The average Bonchev–Trinajstić information content (AvgIpc) is 2.34. The van der Waals surface area contributed by atoms with Gasteiger partial charge in [-0.25, -0.2) is 0 Å². The van der Waals surface area contributed by atoms with Crippen LogP contribution >= 0.6 is 0 Å². The zero-order valence-corrected chi connectivity index (χ0v) is 12.7. The van der Waals surface area contributed by atoms with Crippen molar-refractivity contribution in [1.82, 2.24) is 0 Å². The monoisotopic (exact) mass is 254 g/mol. The van der Waals surface area contributed by atoms with Gasteiger partial charge in [0, 0.05) is 7.11 Å². The Hall–Kier alpha value is -0.600. The van der Waals surface area contributed by atoms with Crippen molar-refractivity contribution in [1.29, 1.82) is 0 Å². The van der Waals surface area contributed by atoms with Gasteiger partial charge in [0.25, 0.3) is 0 Å². The van der Waals surface area contributed by atoms with Crippen molar-refractivity contribution < 1.29 is 9.84 Å². The summed E-state index contributed by atoms with van der Waals surface area (Å²) < 4.78 is 5.41. The van der Waals surface area contributed by atoms with Gasteiger partial charge in [-0.2, -0.15) is 0 Å². The van der Waals surface area contributed by atoms with E-state index in [-0.39, 0.29) is 12.2 Å². The minimum absolute atomic E-state index is 0.0105. The van der Waals surface area contributed by atoms with Crippen molar-refractivity contribution in [3.8, 4) is 0 Å². The van der Waals surface area contributed by atoms with Crippen LogP contribution < -0.4 is 0 Å². The van der Waals surface area contributed by atoms with Crippen LogP contribution in [0, 0.1) is 5.92 Å². The summed E-state index contributed by atoms with van der Waals surface area (Å²) in [4.78, 5) is 0. The molecule has 0 aromatic rings. The van der Waals surface area contributed by atoms with Gasteiger partial charge in [0.2, 0.25) is 0 Å². The highest BCUT2D eigenvalue weighted by Gasteiger charge is 2.15. The first-order valence-corrected chi connectivity index (χ1v) is 6.89. The quantitative estimate of drug-likeness (QED) is 0.628. The molecule has 0 fully saturated rings. The third-order valence-corrected chi connectivity index (χ3v) is 3.33. The van der Waals surface area contributed by atoms with E-state index >= 15 is 0 Å². The summed E-state index contributed by atoms with van der Waals surface area (Å²) >= 11 is 0. The first-order valence-electron chi connectivity index (χ1n) is 6.89. The lowest BCUT2D eigenvalue weighted by molar-refractivity contribution is 0.0128. The Morgan fingerprint density at radius 1 is 1.39 bits per heavy atom. The molecule has 0 rings (SSSR count). The molecular weight excluding hydrogens is 224 g/mol. The second kappa shape index (κ2) is 9.35. The van der Waals surface area contributed by atoms with Crippen molar-refractivity contribution in [3.63, 3.8) is 0 Å². The molecule has 18 heavy (non-hydrogen) atoms. The van der Waals surface area contributed by atoms with Crippen molar-refractivity contribution in [3.05, 3.63) is 23.8 Å². The molecule has 1 atom stereocenters. The fraction of sp³-hybridized carbons (Fsp3) is 0.750. The number of aliphatic hydroxyl groups is 1. The molecule has 1 unspecified atom stereocenters. The highest BCUT2D eigenvalue weighted by molar-refractivity contribution is 5.10. The van der Waals surface area contributed by atoms with Crippen LogP contribution in [0.5, 0.6) is 0 Å². The standard InChI is InChI=1S/C16H30O2/c1-14(9-6-7-10-15(2)13-17)11-8-12-16(3,4)18-5/h6-7,10,14,17H,8-9,11-13H2,1-5H3. The Bertz CT molecular complexity index is 264. The Morgan fingerprint density at radius 2 is 2.06 bits per heavy atom. The van der Waals surface area contributed by atoms with E-state index < -0.39 is 0 Å². The minimum Gasteiger partial charge on any atom is -0.392 e. The van der Waals surface area contributed by atoms with Gasteiger partial charge in [0.1, 0.15) is 0 Å². The van der Waals surface area contributed by atoms with E-state index in [1.165, 1.54) is 12.8 Å². The minimum atomic E-state index is 0.0105. The third kappa shape index (κ3) is 9.43. The van der Waals surface area contributed by atoms with E-state index in [1.807, 2.05) is 19.1 Å². The zero-order chi connectivity index (χ0) is 14.0. The van der Waals surface area contributed by atoms with Gasteiger partial charge in [-0.15, -0.1) is 0 Å². The second-order valence-corrected chi connectivity index (χ2v) is 5.80. The molecule has 106 valence electrons. The largest absolute Gasteiger partial charge is 0.392 e. The number of hydrogen-bond donors (Lipinski definition) is 1. The lowest BCUT2D eigenvalue weighted by Gasteiger charge is -2.23. The van der Waals surface area contributed by atoms with Gasteiger partial charge in [0.05, 0.1) is 12.2 Å². The Morgan fingerprint density at radius 3 is 2.61 bits per heavy atom. The normalized spacial score (nSPS) is 15.3. The molecule has 2 nitrogen and oxygen atoms in total. The summed E-state index contributed by atoms with van der Waals surface area (Å²) in [6, 6.07) is 0. The van der Waals surface area contributed by atoms with Crippen molar-refractivity contribution in [2.75, 3.05) is 13.7 Å². The van der Waals surface area contributed by atoms with Crippen LogP contribution in [0.15, 0.2) is 23.8 Å². The zero-order valence-electron chi connectivity index (χ0n) is 12.7. The maximum atomic E-state index is 8.84. The molecule has 0 aromatic carbocycles. The van der Waals surface area contributed by atoms with E-state index in [2.05, 4.69) is 26.8 Å². The number of hydrogen-bond acceptors (Lipinski definition) is 2. The molecule has 0 amide bonds. The Kier molecular flexibility index (Phi) is 9.03. The summed E-state index contributed by atoms with van der Waals surface area (Å²) in [7, 11) is 1.78. The number of aliphatic hydroxyl groups excluding tert-OH is 1. The molecule has 0 heterocycles. The SMILES string of the molecule is COC(C)(C)CCCC(C)CC=CC=C(C)CO. The van der Waals surface area contributed by atoms with E-state index in [0.717, 1.165) is 18.4 Å². The lowest BCUT2D eigenvalue weighted by Crippen LogP contribution is -2.22. The smallest absolute Gasteiger partial charge is 0.0642 e. The molecule has 0 aromatic heterocycles. The molecule has 0 saturated heterocycles. The predicted octanol–water partition coefficient (Wildman–Crippen LogP) is 4.10. The molecular formula is C16H30O2. The van der Waals surface area contributed by atoms with Gasteiger partial charge in [-0.05, 0) is 45.1 Å². The van der Waals surface area contributed by atoms with Crippen molar-refractivity contribution in [2.45, 2.75) is 59.0 Å². The predicted molar refractivity (Wildman–Crippen MR) is 78.7 cm³/mol. The summed E-state index contributed by atoms with van der Waals surface area (Å²) in [6.07, 6.45) is 10.9. The van der Waals surface area contributed by atoms with Crippen LogP contribution in [0.1, 0.15) is 53.4 Å². The average molecular weight is 254 g/mol. The van der Waals surface area contributed by atoms with E-state index in [0.29, 0.717) is 5.92 Å². The van der Waals surface area contributed by atoms with Crippen LogP contribution in [0.3, 0.4) is 0 Å². The maximum Gasteiger partial charge on any atom is 0.0642 e. The van der Waals surface area contributed by atoms with Crippen molar-refractivity contribution in [2.24, 2.45) is 5.92 Å².